The van der Waals surface area contributed by atoms with E-state index < -0.39 is 8.32 Å². The second-order valence-corrected chi connectivity index (χ2v) is 10.6. The highest BCUT2D eigenvalue weighted by molar-refractivity contribution is 6.74. The van der Waals surface area contributed by atoms with E-state index in [1.54, 1.807) is 12.3 Å². The molecular weight excluding hydrogens is 240 g/mol. The first kappa shape index (κ1) is 14.7. The molecule has 0 saturated carbocycles. The Bertz CT molecular complexity index is 449. The molecule has 0 fully saturated rings. The van der Waals surface area contributed by atoms with Gasteiger partial charge in [0, 0.05) is 11.8 Å². The molecule has 18 heavy (non-hydrogen) atoms. The molecule has 0 amide bonds. The average Bonchev–Trinajstić information content (AvgIpc) is 2.25. The third-order valence-electron chi connectivity index (χ3n) is 3.33. The molecule has 0 aliphatic carbocycles. The van der Waals surface area contributed by atoms with Crippen LogP contribution < -0.4 is 5.73 Å². The van der Waals surface area contributed by atoms with Gasteiger partial charge in [-0.2, -0.15) is 0 Å². The van der Waals surface area contributed by atoms with Crippen molar-refractivity contribution >= 4 is 14.1 Å². The fourth-order valence-electron chi connectivity index (χ4n) is 1.05. The Morgan fingerprint density at radius 3 is 2.50 bits per heavy atom. The van der Waals surface area contributed by atoms with Gasteiger partial charge in [0.2, 0.25) is 0 Å². The van der Waals surface area contributed by atoms with Crippen molar-refractivity contribution in [3.05, 3.63) is 23.9 Å². The SMILES string of the molecule is CC(C)(C)[Si](C)(C)OCC#Cc1ccc(N)nc1. The van der Waals surface area contributed by atoms with Gasteiger partial charge in [-0.3, -0.25) is 0 Å². The van der Waals surface area contributed by atoms with Crippen LogP contribution >= 0.6 is 0 Å². The maximum atomic E-state index is 5.96. The van der Waals surface area contributed by atoms with Gasteiger partial charge in [0.05, 0.1) is 6.61 Å². The summed E-state index contributed by atoms with van der Waals surface area (Å²) in [6, 6.07) is 3.61. The predicted octanol–water partition coefficient (Wildman–Crippen LogP) is 3.04. The summed E-state index contributed by atoms with van der Waals surface area (Å²) in [7, 11) is -1.69. The van der Waals surface area contributed by atoms with Gasteiger partial charge in [-0.1, -0.05) is 32.6 Å². The second-order valence-electron chi connectivity index (χ2n) is 5.82. The van der Waals surface area contributed by atoms with Crippen LogP contribution in [0.5, 0.6) is 0 Å². The van der Waals surface area contributed by atoms with Gasteiger partial charge in [-0.05, 0) is 30.3 Å². The van der Waals surface area contributed by atoms with Crippen LogP contribution in [0.1, 0.15) is 26.3 Å². The Morgan fingerprint density at radius 2 is 2.00 bits per heavy atom. The van der Waals surface area contributed by atoms with Crippen molar-refractivity contribution in [1.82, 2.24) is 4.98 Å². The molecule has 2 N–H and O–H groups in total. The first-order valence-corrected chi connectivity index (χ1v) is 8.97. The maximum Gasteiger partial charge on any atom is 0.193 e. The lowest BCUT2D eigenvalue weighted by molar-refractivity contribution is 0.334. The fraction of sp³-hybridized carbons (Fsp3) is 0.500. The molecule has 0 atom stereocenters. The standard InChI is InChI=1S/C14H22N2OSi/c1-14(2,3)18(4,5)17-10-6-7-12-8-9-13(15)16-11-12/h8-9,11H,10H2,1-5H3,(H2,15,16). The molecule has 1 aromatic heterocycles. The molecular formula is C14H22N2OSi. The molecule has 98 valence electrons. The number of nitrogens with two attached hydrogens (primary N) is 1. The molecule has 1 heterocycles. The number of nitrogen functional groups attached to an aromatic ring is 1. The molecule has 0 aliphatic heterocycles. The number of nitrogens with zero attached hydrogens (tertiary/aromatic N) is 1. The van der Waals surface area contributed by atoms with E-state index in [2.05, 4.69) is 50.7 Å². The highest BCUT2D eigenvalue weighted by Gasteiger charge is 2.36. The summed E-state index contributed by atoms with van der Waals surface area (Å²) in [6.07, 6.45) is 1.68. The minimum Gasteiger partial charge on any atom is -0.406 e. The first-order valence-electron chi connectivity index (χ1n) is 6.07. The number of rotatable bonds is 2. The summed E-state index contributed by atoms with van der Waals surface area (Å²) >= 11 is 0. The van der Waals surface area contributed by atoms with E-state index in [9.17, 15) is 0 Å². The number of anilines is 1. The third kappa shape index (κ3) is 4.17. The molecule has 4 heteroatoms. The van der Waals surface area contributed by atoms with Crippen LogP contribution in [-0.4, -0.2) is 19.9 Å². The molecule has 0 unspecified atom stereocenters. The quantitative estimate of drug-likeness (QED) is 0.658. The van der Waals surface area contributed by atoms with Gasteiger partial charge in [-0.15, -0.1) is 0 Å². The Morgan fingerprint density at radius 1 is 1.33 bits per heavy atom. The molecule has 0 spiro atoms. The lowest BCUT2D eigenvalue weighted by Gasteiger charge is -2.35. The zero-order chi connectivity index (χ0) is 13.8. The van der Waals surface area contributed by atoms with Crippen molar-refractivity contribution in [1.29, 1.82) is 0 Å². The van der Waals surface area contributed by atoms with Crippen LogP contribution in [-0.2, 0) is 4.43 Å². The number of hydrogen-bond acceptors (Lipinski definition) is 3. The third-order valence-corrected chi connectivity index (χ3v) is 7.81. The number of hydrogen-bond donors (Lipinski definition) is 1. The van der Waals surface area contributed by atoms with Crippen LogP contribution in [0, 0.1) is 11.8 Å². The zero-order valence-electron chi connectivity index (χ0n) is 11.9. The first-order chi connectivity index (χ1) is 8.22. The zero-order valence-corrected chi connectivity index (χ0v) is 12.9. The van der Waals surface area contributed by atoms with E-state index in [0.717, 1.165) is 5.56 Å². The van der Waals surface area contributed by atoms with Gasteiger partial charge in [0.1, 0.15) is 5.82 Å². The second kappa shape index (κ2) is 5.55. The molecule has 0 radical (unpaired) electrons. The predicted molar refractivity (Wildman–Crippen MR) is 78.7 cm³/mol. The van der Waals surface area contributed by atoms with Crippen molar-refractivity contribution < 1.29 is 4.43 Å². The maximum absolute atomic E-state index is 5.96. The molecule has 0 aromatic carbocycles. The largest absolute Gasteiger partial charge is 0.406 e. The molecule has 1 aromatic rings. The van der Waals surface area contributed by atoms with E-state index in [0.29, 0.717) is 12.4 Å². The topological polar surface area (TPSA) is 48.1 Å². The van der Waals surface area contributed by atoms with Gasteiger partial charge in [0.15, 0.2) is 8.32 Å². The van der Waals surface area contributed by atoms with E-state index in [1.165, 1.54) is 0 Å². The van der Waals surface area contributed by atoms with E-state index >= 15 is 0 Å². The van der Waals surface area contributed by atoms with Gasteiger partial charge in [-0.25, -0.2) is 4.98 Å². The summed E-state index contributed by atoms with van der Waals surface area (Å²) in [5.41, 5.74) is 6.37. The molecule has 0 saturated heterocycles. The van der Waals surface area contributed by atoms with Crippen molar-refractivity contribution in [2.45, 2.75) is 38.9 Å². The van der Waals surface area contributed by atoms with Gasteiger partial charge < -0.3 is 10.2 Å². The van der Waals surface area contributed by atoms with Gasteiger partial charge in [0.25, 0.3) is 0 Å². The Balaban J connectivity index is 2.55. The van der Waals surface area contributed by atoms with Crippen LogP contribution in [0.4, 0.5) is 5.82 Å². The number of aromatic nitrogens is 1. The lowest BCUT2D eigenvalue weighted by atomic mass is 10.2. The van der Waals surface area contributed by atoms with Crippen LogP contribution in [0.3, 0.4) is 0 Å². The monoisotopic (exact) mass is 262 g/mol. The minimum atomic E-state index is -1.69. The Hall–Kier alpha value is -1.31. The lowest BCUT2D eigenvalue weighted by Crippen LogP contribution is -2.40. The Kier molecular flexibility index (Phi) is 4.55. The minimum absolute atomic E-state index is 0.220. The Labute approximate surface area is 111 Å². The van der Waals surface area contributed by atoms with Gasteiger partial charge >= 0.3 is 0 Å². The van der Waals surface area contributed by atoms with Crippen molar-refractivity contribution in [3.8, 4) is 11.8 Å². The van der Waals surface area contributed by atoms with Crippen LogP contribution in [0.25, 0.3) is 0 Å². The van der Waals surface area contributed by atoms with Crippen LogP contribution in [0.2, 0.25) is 18.1 Å². The summed E-state index contributed by atoms with van der Waals surface area (Å²) in [5.74, 6) is 6.57. The summed E-state index contributed by atoms with van der Waals surface area (Å²) < 4.78 is 5.96. The highest BCUT2D eigenvalue weighted by Crippen LogP contribution is 2.36. The number of pyridine rings is 1. The van der Waals surface area contributed by atoms with Crippen LogP contribution in [0.15, 0.2) is 18.3 Å². The van der Waals surface area contributed by atoms with E-state index in [1.807, 2.05) is 6.07 Å². The molecule has 3 nitrogen and oxygen atoms in total. The summed E-state index contributed by atoms with van der Waals surface area (Å²) in [5, 5.41) is 0.220. The molecule has 0 bridgehead atoms. The normalized spacial score (nSPS) is 11.8. The highest BCUT2D eigenvalue weighted by atomic mass is 28.4. The van der Waals surface area contributed by atoms with E-state index in [4.69, 9.17) is 10.2 Å². The smallest absolute Gasteiger partial charge is 0.193 e. The van der Waals surface area contributed by atoms with Crippen molar-refractivity contribution in [2.75, 3.05) is 12.3 Å². The average molecular weight is 262 g/mol. The summed E-state index contributed by atoms with van der Waals surface area (Å²) in [6.45, 7) is 11.6. The van der Waals surface area contributed by atoms with Crippen molar-refractivity contribution in [3.63, 3.8) is 0 Å². The van der Waals surface area contributed by atoms with Crippen molar-refractivity contribution in [2.24, 2.45) is 0 Å². The van der Waals surface area contributed by atoms with E-state index in [-0.39, 0.29) is 5.04 Å². The molecule has 1 rings (SSSR count). The molecule has 0 aliphatic rings. The summed E-state index contributed by atoms with van der Waals surface area (Å²) in [4.78, 5) is 3.99. The fourth-order valence-corrected chi connectivity index (χ4v) is 1.92.